The lowest BCUT2D eigenvalue weighted by Crippen LogP contribution is -2.73. The molecule has 2 fully saturated rings. The van der Waals surface area contributed by atoms with Crippen molar-refractivity contribution in [3.8, 4) is 0 Å². The van der Waals surface area contributed by atoms with Crippen LogP contribution in [0.5, 0.6) is 0 Å². The Balaban J connectivity index is 2.37. The summed E-state index contributed by atoms with van der Waals surface area (Å²) < 4.78 is 0. The molecule has 0 aromatic carbocycles. The van der Waals surface area contributed by atoms with E-state index in [-0.39, 0.29) is 6.04 Å². The van der Waals surface area contributed by atoms with E-state index in [0.717, 1.165) is 0 Å². The monoisotopic (exact) mass is 189 g/mol. The molecule has 2 rings (SSSR count). The van der Waals surface area contributed by atoms with E-state index in [1.807, 2.05) is 0 Å². The molecular weight excluding hydrogens is 174 g/mol. The molecule has 13 heavy (non-hydrogen) atoms. The average Bonchev–Trinajstić information content (AvgIpc) is 2.43. The lowest BCUT2D eigenvalue weighted by molar-refractivity contribution is -0.243. The number of piperidine rings is 1. The smallest absolute Gasteiger partial charge is 0.147 e. The van der Waals surface area contributed by atoms with Gasteiger partial charge in [-0.15, -0.1) is 0 Å². The summed E-state index contributed by atoms with van der Waals surface area (Å²) in [6.07, 6.45) is -1.41. The van der Waals surface area contributed by atoms with Crippen LogP contribution in [-0.2, 0) is 0 Å². The van der Waals surface area contributed by atoms with Crippen LogP contribution in [0.15, 0.2) is 0 Å². The Kier molecular flexibility index (Phi) is 1.75. The highest BCUT2D eigenvalue weighted by atomic mass is 16.4. The molecule has 0 amide bonds. The van der Waals surface area contributed by atoms with Gasteiger partial charge in [-0.25, -0.2) is 0 Å². The highest BCUT2D eigenvalue weighted by Gasteiger charge is 2.62. The predicted molar refractivity (Wildman–Crippen MR) is 43.7 cm³/mol. The third-order valence-electron chi connectivity index (χ3n) is 3.39. The van der Waals surface area contributed by atoms with Gasteiger partial charge in [-0.05, 0) is 19.8 Å². The van der Waals surface area contributed by atoms with Gasteiger partial charge >= 0.3 is 0 Å². The number of rotatable bonds is 0. The Bertz CT molecular complexity index is 232. The summed E-state index contributed by atoms with van der Waals surface area (Å²) in [4.78, 5) is 0. The predicted octanol–water partition coefficient (Wildman–Crippen LogP) is -2.09. The van der Waals surface area contributed by atoms with Crippen LogP contribution in [-0.4, -0.2) is 50.0 Å². The first kappa shape index (κ1) is 9.36. The standard InChI is InChI=1S/C8H15NO4/c1-7(12)6(11)5(10)4-2-3-8(7,13)9-4/h4-6,9-13H,2-3H2,1H3. The average molecular weight is 189 g/mol. The fourth-order valence-electron chi connectivity index (χ4n) is 2.27. The van der Waals surface area contributed by atoms with E-state index < -0.39 is 23.5 Å². The lowest BCUT2D eigenvalue weighted by atomic mass is 9.81. The van der Waals surface area contributed by atoms with Gasteiger partial charge in [-0.1, -0.05) is 0 Å². The zero-order chi connectivity index (χ0) is 9.85. The summed E-state index contributed by atoms with van der Waals surface area (Å²) in [5.41, 5.74) is -3.16. The van der Waals surface area contributed by atoms with Crippen LogP contribution < -0.4 is 5.32 Å². The van der Waals surface area contributed by atoms with E-state index in [2.05, 4.69) is 5.32 Å². The molecule has 5 atom stereocenters. The van der Waals surface area contributed by atoms with E-state index in [0.29, 0.717) is 12.8 Å². The molecule has 5 unspecified atom stereocenters. The largest absolute Gasteiger partial charge is 0.389 e. The first-order valence-corrected chi connectivity index (χ1v) is 4.47. The molecule has 0 aromatic heterocycles. The summed E-state index contributed by atoms with van der Waals surface area (Å²) in [7, 11) is 0. The molecule has 0 aromatic rings. The van der Waals surface area contributed by atoms with Crippen molar-refractivity contribution in [2.45, 2.75) is 49.3 Å². The van der Waals surface area contributed by atoms with Crippen molar-refractivity contribution in [3.63, 3.8) is 0 Å². The normalized spacial score (nSPS) is 61.2. The minimum atomic E-state index is -1.70. The quantitative estimate of drug-likeness (QED) is 0.301. The summed E-state index contributed by atoms with van der Waals surface area (Å²) >= 11 is 0. The number of hydrogen-bond donors (Lipinski definition) is 5. The maximum Gasteiger partial charge on any atom is 0.147 e. The van der Waals surface area contributed by atoms with Gasteiger partial charge in [0.05, 0.1) is 6.10 Å². The summed E-state index contributed by atoms with van der Waals surface area (Å²) in [6.45, 7) is 1.33. The highest BCUT2D eigenvalue weighted by Crippen LogP contribution is 2.40. The summed E-state index contributed by atoms with van der Waals surface area (Å²) in [5.74, 6) is 0. The molecular formula is C8H15NO4. The van der Waals surface area contributed by atoms with Crippen LogP contribution in [0.25, 0.3) is 0 Å². The van der Waals surface area contributed by atoms with Crippen molar-refractivity contribution in [1.29, 1.82) is 0 Å². The van der Waals surface area contributed by atoms with Gasteiger partial charge in [0.1, 0.15) is 17.4 Å². The van der Waals surface area contributed by atoms with Crippen LogP contribution in [0.4, 0.5) is 0 Å². The second-order valence-electron chi connectivity index (χ2n) is 4.23. The van der Waals surface area contributed by atoms with Crippen LogP contribution in [0.3, 0.4) is 0 Å². The number of aliphatic hydroxyl groups is 4. The van der Waals surface area contributed by atoms with Gasteiger partial charge < -0.3 is 20.4 Å². The first-order valence-electron chi connectivity index (χ1n) is 4.47. The zero-order valence-corrected chi connectivity index (χ0v) is 7.44. The number of nitrogens with one attached hydrogen (secondary N) is 1. The van der Waals surface area contributed by atoms with Gasteiger partial charge in [-0.2, -0.15) is 0 Å². The molecule has 76 valence electrons. The number of fused-ring (bicyclic) bond motifs is 2. The van der Waals surface area contributed by atoms with Gasteiger partial charge in [-0.3, -0.25) is 5.32 Å². The van der Waals surface area contributed by atoms with E-state index in [9.17, 15) is 20.4 Å². The molecule has 5 N–H and O–H groups in total. The molecule has 2 aliphatic heterocycles. The Labute approximate surface area is 76.0 Å². The molecule has 2 heterocycles. The van der Waals surface area contributed by atoms with Crippen LogP contribution in [0.2, 0.25) is 0 Å². The van der Waals surface area contributed by atoms with E-state index in [4.69, 9.17) is 0 Å². The molecule has 2 saturated heterocycles. The van der Waals surface area contributed by atoms with Crippen molar-refractivity contribution < 1.29 is 20.4 Å². The zero-order valence-electron chi connectivity index (χ0n) is 7.44. The SMILES string of the molecule is CC1(O)C(O)C(O)C2CCC1(O)N2. The molecule has 2 aliphatic rings. The molecule has 5 nitrogen and oxygen atoms in total. The third-order valence-corrected chi connectivity index (χ3v) is 3.39. The lowest BCUT2D eigenvalue weighted by Gasteiger charge is -2.48. The maximum absolute atomic E-state index is 9.91. The van der Waals surface area contributed by atoms with E-state index in [1.54, 1.807) is 0 Å². The van der Waals surface area contributed by atoms with Crippen LogP contribution in [0.1, 0.15) is 19.8 Å². The van der Waals surface area contributed by atoms with Gasteiger partial charge in [0.2, 0.25) is 0 Å². The first-order chi connectivity index (χ1) is 5.88. The highest BCUT2D eigenvalue weighted by molar-refractivity contribution is 5.14. The number of aliphatic hydroxyl groups excluding tert-OH is 2. The van der Waals surface area contributed by atoms with Gasteiger partial charge in [0, 0.05) is 6.04 Å². The van der Waals surface area contributed by atoms with Crippen LogP contribution >= 0.6 is 0 Å². The topological polar surface area (TPSA) is 93.0 Å². The molecule has 0 aliphatic carbocycles. The Morgan fingerprint density at radius 2 is 1.92 bits per heavy atom. The molecule has 0 radical (unpaired) electrons. The van der Waals surface area contributed by atoms with E-state index in [1.165, 1.54) is 6.92 Å². The van der Waals surface area contributed by atoms with E-state index >= 15 is 0 Å². The summed E-state index contributed by atoms with van der Waals surface area (Å²) in [5, 5.41) is 41.6. The Hall–Kier alpha value is -0.200. The molecule has 5 heteroatoms. The Morgan fingerprint density at radius 3 is 2.54 bits per heavy atom. The van der Waals surface area contributed by atoms with Crippen molar-refractivity contribution in [2.24, 2.45) is 0 Å². The third kappa shape index (κ3) is 0.992. The maximum atomic E-state index is 9.91. The number of hydrogen-bond acceptors (Lipinski definition) is 5. The Morgan fingerprint density at radius 1 is 1.31 bits per heavy atom. The fourth-order valence-corrected chi connectivity index (χ4v) is 2.27. The van der Waals surface area contributed by atoms with Crippen LogP contribution in [0, 0.1) is 0 Å². The van der Waals surface area contributed by atoms with Gasteiger partial charge in [0.15, 0.2) is 0 Å². The molecule has 2 bridgehead atoms. The summed E-state index contributed by atoms with van der Waals surface area (Å²) in [6, 6.07) is -0.319. The van der Waals surface area contributed by atoms with Gasteiger partial charge in [0.25, 0.3) is 0 Å². The van der Waals surface area contributed by atoms with Crippen molar-refractivity contribution in [1.82, 2.24) is 5.32 Å². The second kappa shape index (κ2) is 2.43. The second-order valence-corrected chi connectivity index (χ2v) is 4.23. The minimum absolute atomic E-state index is 0.319. The van der Waals surface area contributed by atoms with Crippen molar-refractivity contribution >= 4 is 0 Å². The van der Waals surface area contributed by atoms with Crippen molar-refractivity contribution in [3.05, 3.63) is 0 Å². The minimum Gasteiger partial charge on any atom is -0.389 e. The van der Waals surface area contributed by atoms with Crippen molar-refractivity contribution in [2.75, 3.05) is 0 Å². The molecule has 0 saturated carbocycles. The fraction of sp³-hybridized carbons (Fsp3) is 1.00. The molecule has 0 spiro atoms.